The maximum atomic E-state index is 13.3. The number of nitrogens with one attached hydrogen (secondary N) is 1. The lowest BCUT2D eigenvalue weighted by Crippen LogP contribution is -2.39. The molecule has 1 saturated carbocycles. The number of hydrogen-bond donors (Lipinski definition) is 1. The molecule has 1 aromatic heterocycles. The number of benzene rings is 1. The van der Waals surface area contributed by atoms with Gasteiger partial charge >= 0.3 is 0 Å². The minimum atomic E-state index is -0.484. The second kappa shape index (κ2) is 7.47. The van der Waals surface area contributed by atoms with E-state index < -0.39 is 6.04 Å². The molecule has 1 atom stereocenters. The van der Waals surface area contributed by atoms with Gasteiger partial charge in [-0.1, -0.05) is 19.3 Å². The fraction of sp³-hybridized carbons (Fsp3) is 0.381. The van der Waals surface area contributed by atoms with E-state index in [1.807, 2.05) is 0 Å². The standard InChI is InChI=1S/C21H22FN3O2/c22-14-8-10-16(11-9-14)25-18(20-17(21(25)27)7-4-12-23-20)13-19(26)24-15-5-2-1-3-6-15/h4,7-12,15,18H,1-3,5-6,13H2,(H,24,26). The van der Waals surface area contributed by atoms with Gasteiger partial charge in [-0.15, -0.1) is 0 Å². The number of fused-ring (bicyclic) bond motifs is 1. The first-order valence-corrected chi connectivity index (χ1v) is 9.47. The van der Waals surface area contributed by atoms with E-state index in [1.165, 1.54) is 18.6 Å². The maximum absolute atomic E-state index is 13.3. The van der Waals surface area contributed by atoms with Gasteiger partial charge in [0, 0.05) is 17.9 Å². The summed E-state index contributed by atoms with van der Waals surface area (Å²) < 4.78 is 13.3. The number of nitrogens with zero attached hydrogens (tertiary/aromatic N) is 2. The van der Waals surface area contributed by atoms with Crippen LogP contribution in [0.2, 0.25) is 0 Å². The van der Waals surface area contributed by atoms with Crippen molar-refractivity contribution in [2.24, 2.45) is 0 Å². The first-order valence-electron chi connectivity index (χ1n) is 9.47. The third-order valence-electron chi connectivity index (χ3n) is 5.37. The van der Waals surface area contributed by atoms with Crippen LogP contribution in [0, 0.1) is 5.82 Å². The summed E-state index contributed by atoms with van der Waals surface area (Å²) in [4.78, 5) is 31.5. The molecule has 6 heteroatoms. The largest absolute Gasteiger partial charge is 0.353 e. The number of carbonyl (C=O) groups is 2. The number of carbonyl (C=O) groups excluding carboxylic acids is 2. The molecule has 2 amide bonds. The Hall–Kier alpha value is -2.76. The van der Waals surface area contributed by atoms with Crippen LogP contribution in [-0.2, 0) is 4.79 Å². The average Bonchev–Trinajstić information content (AvgIpc) is 2.96. The number of anilines is 1. The van der Waals surface area contributed by atoms with Crippen LogP contribution in [0.3, 0.4) is 0 Å². The van der Waals surface area contributed by atoms with Crippen molar-refractivity contribution in [1.82, 2.24) is 10.3 Å². The monoisotopic (exact) mass is 367 g/mol. The lowest BCUT2D eigenvalue weighted by Gasteiger charge is -2.27. The molecule has 0 saturated heterocycles. The summed E-state index contributed by atoms with van der Waals surface area (Å²) in [6, 6.07) is 8.92. The van der Waals surface area contributed by atoms with Gasteiger partial charge in [0.25, 0.3) is 5.91 Å². The third kappa shape index (κ3) is 3.56. The fourth-order valence-corrected chi connectivity index (χ4v) is 4.05. The number of amides is 2. The highest BCUT2D eigenvalue weighted by molar-refractivity contribution is 6.11. The highest BCUT2D eigenvalue weighted by Gasteiger charge is 2.40. The van der Waals surface area contributed by atoms with Crippen LogP contribution in [-0.4, -0.2) is 22.8 Å². The van der Waals surface area contributed by atoms with E-state index in [1.54, 1.807) is 35.4 Å². The Balaban J connectivity index is 1.59. The average molecular weight is 367 g/mol. The molecule has 1 N–H and O–H groups in total. The van der Waals surface area contributed by atoms with E-state index in [0.717, 1.165) is 25.7 Å². The Morgan fingerprint density at radius 2 is 1.89 bits per heavy atom. The lowest BCUT2D eigenvalue weighted by atomic mass is 9.95. The van der Waals surface area contributed by atoms with Crippen molar-refractivity contribution in [3.05, 3.63) is 59.7 Å². The molecular formula is C21H22FN3O2. The van der Waals surface area contributed by atoms with Crippen LogP contribution in [0.5, 0.6) is 0 Å². The second-order valence-corrected chi connectivity index (χ2v) is 7.21. The fourth-order valence-electron chi connectivity index (χ4n) is 4.05. The molecule has 2 aliphatic rings. The molecule has 1 aliphatic heterocycles. The van der Waals surface area contributed by atoms with Gasteiger partial charge in [0.05, 0.1) is 23.7 Å². The number of rotatable bonds is 4. The third-order valence-corrected chi connectivity index (χ3v) is 5.37. The van der Waals surface area contributed by atoms with Crippen molar-refractivity contribution < 1.29 is 14.0 Å². The molecular weight excluding hydrogens is 345 g/mol. The van der Waals surface area contributed by atoms with Gasteiger partial charge < -0.3 is 5.32 Å². The summed E-state index contributed by atoms with van der Waals surface area (Å²) in [7, 11) is 0. The van der Waals surface area contributed by atoms with E-state index in [9.17, 15) is 14.0 Å². The first kappa shape index (κ1) is 17.6. The summed E-state index contributed by atoms with van der Waals surface area (Å²) >= 11 is 0. The zero-order chi connectivity index (χ0) is 18.8. The van der Waals surface area contributed by atoms with E-state index in [0.29, 0.717) is 16.9 Å². The van der Waals surface area contributed by atoms with E-state index >= 15 is 0 Å². The molecule has 0 bridgehead atoms. The Bertz CT molecular complexity index is 847. The minimum Gasteiger partial charge on any atom is -0.353 e. The lowest BCUT2D eigenvalue weighted by molar-refractivity contribution is -0.122. The number of pyridine rings is 1. The number of hydrogen-bond acceptors (Lipinski definition) is 3. The van der Waals surface area contributed by atoms with Crippen LogP contribution in [0.25, 0.3) is 0 Å². The Kier molecular flexibility index (Phi) is 4.88. The van der Waals surface area contributed by atoms with Crippen LogP contribution in [0.15, 0.2) is 42.6 Å². The van der Waals surface area contributed by atoms with E-state index in [4.69, 9.17) is 0 Å². The van der Waals surface area contributed by atoms with Crippen LogP contribution in [0.4, 0.5) is 10.1 Å². The topological polar surface area (TPSA) is 62.3 Å². The molecule has 0 spiro atoms. The predicted octanol–water partition coefficient (Wildman–Crippen LogP) is 3.76. The molecule has 1 unspecified atom stereocenters. The van der Waals surface area contributed by atoms with Gasteiger partial charge in [0.15, 0.2) is 0 Å². The van der Waals surface area contributed by atoms with Gasteiger partial charge in [0.1, 0.15) is 5.82 Å². The predicted molar refractivity (Wildman–Crippen MR) is 99.8 cm³/mol. The molecule has 4 rings (SSSR count). The van der Waals surface area contributed by atoms with Crippen molar-refractivity contribution >= 4 is 17.5 Å². The van der Waals surface area contributed by atoms with Crippen molar-refractivity contribution in [1.29, 1.82) is 0 Å². The zero-order valence-corrected chi connectivity index (χ0v) is 15.0. The Morgan fingerprint density at radius 1 is 1.15 bits per heavy atom. The van der Waals surface area contributed by atoms with E-state index in [-0.39, 0.29) is 30.1 Å². The van der Waals surface area contributed by atoms with E-state index in [2.05, 4.69) is 10.3 Å². The van der Waals surface area contributed by atoms with Crippen LogP contribution in [0.1, 0.15) is 60.6 Å². The Morgan fingerprint density at radius 3 is 2.63 bits per heavy atom. The molecule has 2 heterocycles. The summed E-state index contributed by atoms with van der Waals surface area (Å²) in [5.41, 5.74) is 1.66. The summed E-state index contributed by atoms with van der Waals surface area (Å²) in [5, 5.41) is 3.11. The first-order chi connectivity index (χ1) is 13.1. The summed E-state index contributed by atoms with van der Waals surface area (Å²) in [5.74, 6) is -0.655. The van der Waals surface area contributed by atoms with Crippen molar-refractivity contribution in [2.75, 3.05) is 4.90 Å². The summed E-state index contributed by atoms with van der Waals surface area (Å²) in [6.45, 7) is 0. The Labute approximate surface area is 157 Å². The zero-order valence-electron chi connectivity index (χ0n) is 15.0. The number of halogens is 1. The quantitative estimate of drug-likeness (QED) is 0.895. The van der Waals surface area contributed by atoms with Crippen LogP contribution >= 0.6 is 0 Å². The molecule has 2 aromatic rings. The van der Waals surface area contributed by atoms with Gasteiger partial charge in [0.2, 0.25) is 5.91 Å². The highest BCUT2D eigenvalue weighted by atomic mass is 19.1. The molecule has 27 heavy (non-hydrogen) atoms. The normalized spacial score (nSPS) is 19.8. The molecule has 140 valence electrons. The van der Waals surface area contributed by atoms with Crippen molar-refractivity contribution in [3.8, 4) is 0 Å². The van der Waals surface area contributed by atoms with Gasteiger partial charge in [-0.05, 0) is 49.2 Å². The van der Waals surface area contributed by atoms with Gasteiger partial charge in [-0.25, -0.2) is 4.39 Å². The van der Waals surface area contributed by atoms with Crippen molar-refractivity contribution in [2.45, 2.75) is 50.6 Å². The van der Waals surface area contributed by atoms with Crippen molar-refractivity contribution in [3.63, 3.8) is 0 Å². The highest BCUT2D eigenvalue weighted by Crippen LogP contribution is 2.38. The smallest absolute Gasteiger partial charge is 0.260 e. The van der Waals surface area contributed by atoms with Gasteiger partial charge in [-0.3, -0.25) is 19.5 Å². The molecule has 0 radical (unpaired) electrons. The van der Waals surface area contributed by atoms with Crippen LogP contribution < -0.4 is 10.2 Å². The molecule has 1 aromatic carbocycles. The second-order valence-electron chi connectivity index (χ2n) is 7.21. The summed E-state index contributed by atoms with van der Waals surface area (Å²) in [6.07, 6.45) is 7.28. The molecule has 5 nitrogen and oxygen atoms in total. The maximum Gasteiger partial charge on any atom is 0.260 e. The molecule has 1 aliphatic carbocycles. The SMILES string of the molecule is O=C(CC1c2ncccc2C(=O)N1c1ccc(F)cc1)NC1CCCCC1. The molecule has 1 fully saturated rings. The minimum absolute atomic E-state index is 0.0784. The number of aromatic nitrogens is 1. The van der Waals surface area contributed by atoms with Gasteiger partial charge in [-0.2, -0.15) is 0 Å².